The van der Waals surface area contributed by atoms with Gasteiger partial charge >= 0.3 is 0 Å². The van der Waals surface area contributed by atoms with Crippen LogP contribution in [0.25, 0.3) is 0 Å². The minimum absolute atomic E-state index is 0.0927. The smallest absolute Gasteiger partial charge is 0.247 e. The predicted octanol–water partition coefficient (Wildman–Crippen LogP) is 2.17. The van der Waals surface area contributed by atoms with Crippen LogP contribution in [-0.4, -0.2) is 77.1 Å². The predicted molar refractivity (Wildman–Crippen MR) is 127 cm³/mol. The van der Waals surface area contributed by atoms with Crippen molar-refractivity contribution in [2.45, 2.75) is 64.0 Å². The molecule has 4 heterocycles. The van der Waals surface area contributed by atoms with Crippen LogP contribution in [0.2, 0.25) is 0 Å². The van der Waals surface area contributed by atoms with E-state index in [1.165, 1.54) is 4.90 Å². The zero-order chi connectivity index (χ0) is 23.7. The molecule has 0 bridgehead atoms. The summed E-state index contributed by atoms with van der Waals surface area (Å²) in [5.74, 6) is 0.808. The molecule has 0 radical (unpaired) electrons. The number of anilines is 1. The van der Waals surface area contributed by atoms with E-state index >= 15 is 0 Å². The van der Waals surface area contributed by atoms with Crippen LogP contribution in [0, 0.1) is 5.92 Å². The number of carbonyl (C=O) groups excluding carboxylic acids is 4. The van der Waals surface area contributed by atoms with Gasteiger partial charge in [0.05, 0.1) is 19.0 Å². The van der Waals surface area contributed by atoms with Gasteiger partial charge in [-0.2, -0.15) is 0 Å². The van der Waals surface area contributed by atoms with E-state index in [4.69, 9.17) is 0 Å². The Kier molecular flexibility index (Phi) is 6.68. The van der Waals surface area contributed by atoms with E-state index in [0.29, 0.717) is 18.8 Å². The zero-order valence-corrected chi connectivity index (χ0v) is 19.8. The molecule has 4 fully saturated rings. The number of hydrogen-bond acceptors (Lipinski definition) is 5. The summed E-state index contributed by atoms with van der Waals surface area (Å²) in [5.41, 5.74) is 1.77. The lowest BCUT2D eigenvalue weighted by Crippen LogP contribution is -2.46. The second kappa shape index (κ2) is 9.86. The van der Waals surface area contributed by atoms with Crippen molar-refractivity contribution < 1.29 is 19.2 Å². The highest BCUT2D eigenvalue weighted by atomic mass is 16.2. The lowest BCUT2D eigenvalue weighted by atomic mass is 9.92. The summed E-state index contributed by atoms with van der Waals surface area (Å²) in [6, 6.07) is 7.27. The molecule has 4 aliphatic rings. The average Bonchev–Trinajstić information content (AvgIpc) is 3.54. The first kappa shape index (κ1) is 23.0. The first-order valence-electron chi connectivity index (χ1n) is 12.7. The Morgan fingerprint density at radius 1 is 0.794 bits per heavy atom. The van der Waals surface area contributed by atoms with Crippen molar-refractivity contribution in [1.82, 2.24) is 14.7 Å². The minimum atomic E-state index is -0.352. The lowest BCUT2D eigenvalue weighted by molar-refractivity contribution is -0.140. The highest BCUT2D eigenvalue weighted by Gasteiger charge is 2.42. The molecule has 182 valence electrons. The molecule has 0 spiro atoms. The Bertz CT molecular complexity index is 954. The number of benzene rings is 1. The molecular formula is C26H34N4O4. The van der Waals surface area contributed by atoms with Gasteiger partial charge in [0.25, 0.3) is 0 Å². The van der Waals surface area contributed by atoms with Crippen LogP contribution in [0.15, 0.2) is 24.3 Å². The third kappa shape index (κ3) is 4.73. The summed E-state index contributed by atoms with van der Waals surface area (Å²) in [7, 11) is 0. The molecule has 8 nitrogen and oxygen atoms in total. The Hall–Kier alpha value is -2.74. The third-order valence-corrected chi connectivity index (χ3v) is 7.95. The zero-order valence-electron chi connectivity index (χ0n) is 19.8. The number of nitrogens with zero attached hydrogens (tertiary/aromatic N) is 4. The molecule has 0 N–H and O–H groups in total. The molecule has 4 aliphatic heterocycles. The van der Waals surface area contributed by atoms with Crippen molar-refractivity contribution in [3.05, 3.63) is 29.8 Å². The maximum atomic E-state index is 13.1. The summed E-state index contributed by atoms with van der Waals surface area (Å²) < 4.78 is 0. The van der Waals surface area contributed by atoms with Crippen molar-refractivity contribution in [3.8, 4) is 0 Å². The molecule has 1 aromatic carbocycles. The number of hydrogen-bond donors (Lipinski definition) is 0. The second-order valence-corrected chi connectivity index (χ2v) is 10.1. The Morgan fingerprint density at radius 2 is 1.50 bits per heavy atom. The second-order valence-electron chi connectivity index (χ2n) is 10.1. The molecule has 4 saturated heterocycles. The van der Waals surface area contributed by atoms with Crippen molar-refractivity contribution in [1.29, 1.82) is 0 Å². The number of piperidine rings is 1. The van der Waals surface area contributed by atoms with Crippen molar-refractivity contribution >= 4 is 29.3 Å². The minimum Gasteiger partial charge on any atom is -0.343 e. The molecule has 0 aliphatic carbocycles. The van der Waals surface area contributed by atoms with Crippen LogP contribution >= 0.6 is 0 Å². The fourth-order valence-corrected chi connectivity index (χ4v) is 5.83. The summed E-state index contributed by atoms with van der Waals surface area (Å²) in [6.07, 6.45) is 6.45. The fourth-order valence-electron chi connectivity index (χ4n) is 5.83. The van der Waals surface area contributed by atoms with E-state index in [-0.39, 0.29) is 42.6 Å². The summed E-state index contributed by atoms with van der Waals surface area (Å²) in [5, 5.41) is 0. The highest BCUT2D eigenvalue weighted by molar-refractivity contribution is 6.05. The summed E-state index contributed by atoms with van der Waals surface area (Å²) in [6.45, 7) is 4.43. The van der Waals surface area contributed by atoms with Gasteiger partial charge in [0, 0.05) is 38.2 Å². The maximum Gasteiger partial charge on any atom is 0.247 e. The molecule has 1 aromatic rings. The quantitative estimate of drug-likeness (QED) is 0.576. The number of amides is 4. The summed E-state index contributed by atoms with van der Waals surface area (Å²) >= 11 is 0. The van der Waals surface area contributed by atoms with E-state index in [1.807, 2.05) is 29.2 Å². The van der Waals surface area contributed by atoms with Crippen LogP contribution in [0.5, 0.6) is 0 Å². The molecule has 0 aromatic heterocycles. The average molecular weight is 467 g/mol. The molecule has 5 rings (SSSR count). The molecular weight excluding hydrogens is 432 g/mol. The van der Waals surface area contributed by atoms with E-state index in [1.54, 1.807) is 4.90 Å². The van der Waals surface area contributed by atoms with E-state index < -0.39 is 0 Å². The molecule has 4 amide bonds. The highest BCUT2D eigenvalue weighted by Crippen LogP contribution is 2.28. The van der Waals surface area contributed by atoms with Crippen molar-refractivity contribution in [2.24, 2.45) is 5.92 Å². The fraction of sp³-hybridized carbons (Fsp3) is 0.615. The Balaban J connectivity index is 1.12. The monoisotopic (exact) mass is 466 g/mol. The van der Waals surface area contributed by atoms with Gasteiger partial charge in [0.1, 0.15) is 0 Å². The number of rotatable bonds is 7. The van der Waals surface area contributed by atoms with Gasteiger partial charge in [0.2, 0.25) is 23.6 Å². The van der Waals surface area contributed by atoms with Gasteiger partial charge in [-0.1, -0.05) is 12.1 Å². The van der Waals surface area contributed by atoms with Gasteiger partial charge in [0.15, 0.2) is 0 Å². The van der Waals surface area contributed by atoms with Crippen LogP contribution in [0.4, 0.5) is 5.69 Å². The van der Waals surface area contributed by atoms with Gasteiger partial charge in [-0.3, -0.25) is 29.0 Å². The van der Waals surface area contributed by atoms with Crippen molar-refractivity contribution in [2.75, 3.05) is 37.6 Å². The number of carbonyl (C=O) groups is 4. The van der Waals surface area contributed by atoms with Gasteiger partial charge in [-0.15, -0.1) is 0 Å². The third-order valence-electron chi connectivity index (χ3n) is 7.95. The van der Waals surface area contributed by atoms with Crippen LogP contribution in [-0.2, 0) is 25.7 Å². The van der Waals surface area contributed by atoms with E-state index in [2.05, 4.69) is 4.90 Å². The normalized spacial score (nSPS) is 24.8. The standard InChI is InChI=1S/C26H34N4O4/c31-23-3-1-12-28(23)16-11-19-9-14-27(15-10-19)22-17-25(33)30(26(22)34)18-20-5-7-21(8-6-20)29-13-2-4-24(29)32/h5-8,19,22H,1-4,9-18H2/t22-/m0/s1. The van der Waals surface area contributed by atoms with Gasteiger partial charge < -0.3 is 9.80 Å². The van der Waals surface area contributed by atoms with Gasteiger partial charge in [-0.05, 0) is 68.8 Å². The van der Waals surface area contributed by atoms with E-state index in [0.717, 1.165) is 76.1 Å². The Morgan fingerprint density at radius 3 is 2.15 bits per heavy atom. The largest absolute Gasteiger partial charge is 0.343 e. The van der Waals surface area contributed by atoms with Crippen molar-refractivity contribution in [3.63, 3.8) is 0 Å². The Labute approximate surface area is 200 Å². The first-order valence-corrected chi connectivity index (χ1v) is 12.7. The summed E-state index contributed by atoms with van der Waals surface area (Å²) in [4.78, 5) is 56.9. The van der Waals surface area contributed by atoms with Crippen LogP contribution < -0.4 is 4.90 Å². The number of imide groups is 1. The molecule has 1 atom stereocenters. The number of likely N-dealkylation sites (tertiary alicyclic amines) is 3. The molecule has 8 heteroatoms. The topological polar surface area (TPSA) is 81.2 Å². The first-order chi connectivity index (χ1) is 16.5. The lowest BCUT2D eigenvalue weighted by Gasteiger charge is -2.35. The maximum absolute atomic E-state index is 13.1. The van der Waals surface area contributed by atoms with Crippen LogP contribution in [0.1, 0.15) is 56.9 Å². The molecule has 0 saturated carbocycles. The molecule has 34 heavy (non-hydrogen) atoms. The van der Waals surface area contributed by atoms with Gasteiger partial charge in [-0.25, -0.2) is 0 Å². The van der Waals surface area contributed by atoms with E-state index in [9.17, 15) is 19.2 Å². The van der Waals surface area contributed by atoms with Crippen LogP contribution in [0.3, 0.4) is 0 Å². The SMILES string of the molecule is O=C1CCCN1CCC1CCN([C@H]2CC(=O)N(Cc3ccc(N4CCCC4=O)cc3)C2=O)CC1. The molecule has 0 unspecified atom stereocenters.